The van der Waals surface area contributed by atoms with E-state index >= 15 is 0 Å². The quantitative estimate of drug-likeness (QED) is 0.852. The second-order valence-corrected chi connectivity index (χ2v) is 4.81. The fourth-order valence-corrected chi connectivity index (χ4v) is 2.63. The molecule has 1 heterocycles. The van der Waals surface area contributed by atoms with Crippen LogP contribution in [0.15, 0.2) is 0 Å². The van der Waals surface area contributed by atoms with Gasteiger partial charge in [-0.1, -0.05) is 9.59 Å². The highest BCUT2D eigenvalue weighted by molar-refractivity contribution is 7.09. The molecule has 1 aromatic heterocycles. The largest absolute Gasteiger partial charge is 0.481 e. The van der Waals surface area contributed by atoms with Gasteiger partial charge in [0.25, 0.3) is 0 Å². The van der Waals surface area contributed by atoms with Gasteiger partial charge < -0.3 is 10.0 Å². The van der Waals surface area contributed by atoms with Crippen LogP contribution in [0.4, 0.5) is 5.13 Å². The van der Waals surface area contributed by atoms with Crippen LogP contribution in [0.3, 0.4) is 0 Å². The van der Waals surface area contributed by atoms with Crippen LogP contribution in [0.1, 0.15) is 25.7 Å². The van der Waals surface area contributed by atoms with Crippen LogP contribution < -0.4 is 4.90 Å². The number of anilines is 1. The normalized spacial score (nSPS) is 25.3. The Balaban J connectivity index is 1.92. The number of nitrogens with zero attached hydrogens (tertiary/aromatic N) is 4. The summed E-state index contributed by atoms with van der Waals surface area (Å²) in [6.45, 7) is 0. The Morgan fingerprint density at radius 2 is 2.12 bits per heavy atom. The molecule has 6 nitrogen and oxygen atoms in total. The van der Waals surface area contributed by atoms with Crippen molar-refractivity contribution < 1.29 is 9.90 Å². The van der Waals surface area contributed by atoms with Crippen molar-refractivity contribution in [3.8, 4) is 0 Å². The molecule has 2 rings (SSSR count). The van der Waals surface area contributed by atoms with Gasteiger partial charge in [-0.3, -0.25) is 4.79 Å². The third kappa shape index (κ3) is 2.29. The first-order valence-electron chi connectivity index (χ1n) is 5.29. The van der Waals surface area contributed by atoms with Crippen LogP contribution in [0.2, 0.25) is 0 Å². The lowest BCUT2D eigenvalue weighted by atomic mass is 9.86. The highest BCUT2D eigenvalue weighted by Crippen LogP contribution is 2.29. The summed E-state index contributed by atoms with van der Waals surface area (Å²) in [5.41, 5.74) is 0. The minimum atomic E-state index is -0.668. The first-order chi connectivity index (χ1) is 7.68. The molecular weight excluding hydrogens is 228 g/mol. The molecule has 1 aliphatic rings. The van der Waals surface area contributed by atoms with Crippen LogP contribution in [-0.4, -0.2) is 39.0 Å². The van der Waals surface area contributed by atoms with Crippen molar-refractivity contribution >= 4 is 22.6 Å². The lowest BCUT2D eigenvalue weighted by Gasteiger charge is -2.32. The average Bonchev–Trinajstić information content (AvgIpc) is 2.81. The van der Waals surface area contributed by atoms with E-state index in [9.17, 15) is 4.79 Å². The standard InChI is InChI=1S/C9H14N4O2S/c1-13(9-10-11-12-16-9)7-4-2-6(3-5-7)8(14)15/h6-7H,2-5H2,1H3,(H,14,15). The van der Waals surface area contributed by atoms with Crippen molar-refractivity contribution in [1.82, 2.24) is 14.8 Å². The van der Waals surface area contributed by atoms with E-state index in [4.69, 9.17) is 5.11 Å². The summed E-state index contributed by atoms with van der Waals surface area (Å²) in [6, 6.07) is 0.366. The highest BCUT2D eigenvalue weighted by Gasteiger charge is 2.28. The van der Waals surface area contributed by atoms with Gasteiger partial charge >= 0.3 is 5.97 Å². The van der Waals surface area contributed by atoms with Crippen molar-refractivity contribution in [2.45, 2.75) is 31.7 Å². The Bertz CT molecular complexity index is 348. The summed E-state index contributed by atoms with van der Waals surface area (Å²) in [5, 5.41) is 17.2. The molecule has 1 saturated carbocycles. The average molecular weight is 242 g/mol. The first-order valence-corrected chi connectivity index (χ1v) is 6.06. The number of carboxylic acids is 1. The van der Waals surface area contributed by atoms with E-state index in [-0.39, 0.29) is 5.92 Å². The highest BCUT2D eigenvalue weighted by atomic mass is 32.1. The third-order valence-corrected chi connectivity index (χ3v) is 3.87. The summed E-state index contributed by atoms with van der Waals surface area (Å²) < 4.78 is 3.73. The Kier molecular flexibility index (Phi) is 3.33. The Morgan fingerprint density at radius 3 is 2.62 bits per heavy atom. The monoisotopic (exact) mass is 242 g/mol. The van der Waals surface area contributed by atoms with E-state index in [2.05, 4.69) is 19.7 Å². The van der Waals surface area contributed by atoms with Crippen LogP contribution in [0.5, 0.6) is 0 Å². The van der Waals surface area contributed by atoms with Crippen molar-refractivity contribution in [3.05, 3.63) is 0 Å². The number of aliphatic carboxylic acids is 1. The molecular formula is C9H14N4O2S. The zero-order valence-electron chi connectivity index (χ0n) is 9.04. The molecule has 7 heteroatoms. The van der Waals surface area contributed by atoms with Gasteiger partial charge in [0.1, 0.15) is 0 Å². The van der Waals surface area contributed by atoms with Crippen LogP contribution in [0.25, 0.3) is 0 Å². The minimum Gasteiger partial charge on any atom is -0.481 e. The predicted molar refractivity (Wildman–Crippen MR) is 59.5 cm³/mol. The second kappa shape index (κ2) is 4.73. The lowest BCUT2D eigenvalue weighted by molar-refractivity contribution is -0.142. The summed E-state index contributed by atoms with van der Waals surface area (Å²) >= 11 is 1.27. The van der Waals surface area contributed by atoms with E-state index in [0.29, 0.717) is 6.04 Å². The Labute approximate surface area is 97.4 Å². The van der Waals surface area contributed by atoms with Crippen molar-refractivity contribution in [2.24, 2.45) is 5.92 Å². The molecule has 0 aliphatic heterocycles. The summed E-state index contributed by atoms with van der Waals surface area (Å²) in [5.74, 6) is -0.837. The zero-order valence-corrected chi connectivity index (χ0v) is 9.85. The van der Waals surface area contributed by atoms with Gasteiger partial charge in [-0.2, -0.15) is 0 Å². The summed E-state index contributed by atoms with van der Waals surface area (Å²) in [4.78, 5) is 12.9. The number of carbonyl (C=O) groups is 1. The fraction of sp³-hybridized carbons (Fsp3) is 0.778. The minimum absolute atomic E-state index is 0.169. The van der Waals surface area contributed by atoms with Crippen molar-refractivity contribution in [1.29, 1.82) is 0 Å². The molecule has 0 amide bonds. The number of hydrogen-bond donors (Lipinski definition) is 1. The SMILES string of the molecule is CN(c1nnns1)C1CCC(C(=O)O)CC1. The lowest BCUT2D eigenvalue weighted by Crippen LogP contribution is -2.36. The smallest absolute Gasteiger partial charge is 0.306 e. The molecule has 0 aromatic carbocycles. The van der Waals surface area contributed by atoms with Gasteiger partial charge in [-0.25, -0.2) is 0 Å². The maximum absolute atomic E-state index is 10.8. The molecule has 16 heavy (non-hydrogen) atoms. The molecule has 1 aliphatic carbocycles. The van der Waals surface area contributed by atoms with E-state index in [1.54, 1.807) is 0 Å². The first kappa shape index (κ1) is 11.3. The molecule has 0 radical (unpaired) electrons. The number of rotatable bonds is 3. The molecule has 0 unspecified atom stereocenters. The number of hydrogen-bond acceptors (Lipinski definition) is 6. The predicted octanol–water partition coefficient (Wildman–Crippen LogP) is 1.01. The topological polar surface area (TPSA) is 79.2 Å². The molecule has 0 bridgehead atoms. The maximum Gasteiger partial charge on any atom is 0.306 e. The molecule has 0 spiro atoms. The van der Waals surface area contributed by atoms with E-state index in [0.717, 1.165) is 30.8 Å². The summed E-state index contributed by atoms with van der Waals surface area (Å²) in [6.07, 6.45) is 3.28. The van der Waals surface area contributed by atoms with Gasteiger partial charge in [0.05, 0.1) is 5.92 Å². The molecule has 0 atom stereocenters. The molecule has 0 saturated heterocycles. The van der Waals surface area contributed by atoms with Crippen molar-refractivity contribution in [2.75, 3.05) is 11.9 Å². The Morgan fingerprint density at radius 1 is 1.44 bits per heavy atom. The molecule has 88 valence electrons. The van der Waals surface area contributed by atoms with Gasteiger partial charge in [-0.15, -0.1) is 0 Å². The van der Waals surface area contributed by atoms with Gasteiger partial charge in [0, 0.05) is 24.6 Å². The van der Waals surface area contributed by atoms with E-state index in [1.807, 2.05) is 7.05 Å². The van der Waals surface area contributed by atoms with E-state index < -0.39 is 5.97 Å². The third-order valence-electron chi connectivity index (χ3n) is 3.18. The number of carboxylic acid groups (broad SMARTS) is 1. The fourth-order valence-electron chi connectivity index (χ4n) is 2.13. The zero-order chi connectivity index (χ0) is 11.5. The Hall–Kier alpha value is -1.24. The molecule has 1 aromatic rings. The van der Waals surface area contributed by atoms with Gasteiger partial charge in [0.15, 0.2) is 0 Å². The van der Waals surface area contributed by atoms with Gasteiger partial charge in [-0.05, 0) is 30.9 Å². The van der Waals surface area contributed by atoms with Crippen molar-refractivity contribution in [3.63, 3.8) is 0 Å². The summed E-state index contributed by atoms with van der Waals surface area (Å²) in [7, 11) is 1.97. The molecule has 1 fully saturated rings. The number of aromatic nitrogens is 3. The van der Waals surface area contributed by atoms with Crippen LogP contribution in [-0.2, 0) is 4.79 Å². The molecule has 1 N–H and O–H groups in total. The van der Waals surface area contributed by atoms with Crippen LogP contribution in [0, 0.1) is 5.92 Å². The van der Waals surface area contributed by atoms with Crippen LogP contribution >= 0.6 is 11.5 Å². The van der Waals surface area contributed by atoms with Gasteiger partial charge in [0.2, 0.25) is 5.13 Å². The second-order valence-electron chi connectivity index (χ2n) is 4.10. The maximum atomic E-state index is 10.8. The van der Waals surface area contributed by atoms with E-state index in [1.165, 1.54) is 11.5 Å².